The standard InChI is InChI=1S/C28H34N4O6/c1-5-19-11-13-21(14-12-19)24(25(35)30-18-20-9-7-6-8-10-20)32(15-16-33)26(36)22(17-23(29)34)31-27(37)38-28(2,3)4/h1,6-14,22,24,33H,15-18H2,2-4H3,(H2,29,34)(H,30,35)(H,31,37). The van der Waals surface area contributed by atoms with Crippen molar-refractivity contribution >= 4 is 23.8 Å². The second kappa shape index (κ2) is 13.8. The molecule has 0 aliphatic carbocycles. The summed E-state index contributed by atoms with van der Waals surface area (Å²) in [6.45, 7) is 4.34. The molecule has 0 heterocycles. The van der Waals surface area contributed by atoms with Gasteiger partial charge in [0.05, 0.1) is 13.0 Å². The van der Waals surface area contributed by atoms with Crippen LogP contribution in [0.1, 0.15) is 49.9 Å². The lowest BCUT2D eigenvalue weighted by Crippen LogP contribution is -2.54. The van der Waals surface area contributed by atoms with E-state index in [2.05, 4.69) is 16.6 Å². The Bertz CT molecular complexity index is 1150. The Kier molecular flexibility index (Phi) is 10.9. The zero-order chi connectivity index (χ0) is 28.3. The topological polar surface area (TPSA) is 151 Å². The Hall–Kier alpha value is -4.36. The first-order valence-electron chi connectivity index (χ1n) is 12.0. The average molecular weight is 523 g/mol. The van der Waals surface area contributed by atoms with Crippen molar-refractivity contribution in [3.63, 3.8) is 0 Å². The van der Waals surface area contributed by atoms with E-state index in [0.717, 1.165) is 10.5 Å². The van der Waals surface area contributed by atoms with E-state index < -0.39 is 54.5 Å². The summed E-state index contributed by atoms with van der Waals surface area (Å²) in [4.78, 5) is 52.5. The van der Waals surface area contributed by atoms with Crippen molar-refractivity contribution in [3.8, 4) is 12.3 Å². The predicted octanol–water partition coefficient (Wildman–Crippen LogP) is 1.61. The fraction of sp³-hybridized carbons (Fsp3) is 0.357. The van der Waals surface area contributed by atoms with E-state index in [1.54, 1.807) is 45.0 Å². The Balaban J connectivity index is 2.45. The Labute approximate surface area is 222 Å². The number of amides is 4. The van der Waals surface area contributed by atoms with Gasteiger partial charge in [0.25, 0.3) is 0 Å². The summed E-state index contributed by atoms with van der Waals surface area (Å²) in [6.07, 6.45) is 3.97. The van der Waals surface area contributed by atoms with E-state index in [4.69, 9.17) is 16.9 Å². The van der Waals surface area contributed by atoms with E-state index in [1.807, 2.05) is 30.3 Å². The van der Waals surface area contributed by atoms with Gasteiger partial charge in [-0.15, -0.1) is 6.42 Å². The molecule has 0 saturated heterocycles. The van der Waals surface area contributed by atoms with Crippen molar-refractivity contribution in [2.75, 3.05) is 13.2 Å². The van der Waals surface area contributed by atoms with Crippen LogP contribution in [0.25, 0.3) is 0 Å². The molecule has 4 amide bonds. The largest absolute Gasteiger partial charge is 0.444 e. The van der Waals surface area contributed by atoms with Crippen molar-refractivity contribution in [2.24, 2.45) is 5.73 Å². The number of ether oxygens (including phenoxy) is 1. The van der Waals surface area contributed by atoms with E-state index in [-0.39, 0.29) is 13.1 Å². The summed E-state index contributed by atoms with van der Waals surface area (Å²) < 4.78 is 5.22. The fourth-order valence-corrected chi connectivity index (χ4v) is 3.64. The van der Waals surface area contributed by atoms with Gasteiger partial charge in [0.2, 0.25) is 17.7 Å². The number of carbonyl (C=O) groups is 4. The third-order valence-electron chi connectivity index (χ3n) is 5.28. The number of primary amides is 1. The minimum atomic E-state index is -1.44. The number of nitrogens with zero attached hydrogens (tertiary/aromatic N) is 1. The van der Waals surface area contributed by atoms with E-state index in [9.17, 15) is 24.3 Å². The van der Waals surface area contributed by atoms with E-state index in [0.29, 0.717) is 11.1 Å². The lowest BCUT2D eigenvalue weighted by molar-refractivity contribution is -0.144. The van der Waals surface area contributed by atoms with Crippen molar-refractivity contribution in [1.82, 2.24) is 15.5 Å². The summed E-state index contributed by atoms with van der Waals surface area (Å²) in [5.41, 5.74) is 6.29. The maximum atomic E-state index is 13.7. The number of aliphatic hydroxyl groups is 1. The number of aliphatic hydroxyl groups excluding tert-OH is 1. The Morgan fingerprint density at radius 2 is 1.71 bits per heavy atom. The molecule has 10 heteroatoms. The third-order valence-corrected chi connectivity index (χ3v) is 5.28. The average Bonchev–Trinajstić information content (AvgIpc) is 2.86. The van der Waals surface area contributed by atoms with E-state index >= 15 is 0 Å². The van der Waals surface area contributed by atoms with Crippen LogP contribution in [0.15, 0.2) is 54.6 Å². The van der Waals surface area contributed by atoms with Crippen LogP contribution in [0.3, 0.4) is 0 Å². The van der Waals surface area contributed by atoms with Gasteiger partial charge in [-0.1, -0.05) is 48.4 Å². The SMILES string of the molecule is C#Cc1ccc(C(C(=O)NCc2ccccc2)N(CCO)C(=O)C(CC(N)=O)NC(=O)OC(C)(C)C)cc1. The minimum absolute atomic E-state index is 0.181. The van der Waals surface area contributed by atoms with Gasteiger partial charge in [0.1, 0.15) is 17.7 Å². The number of terminal acetylenes is 1. The molecule has 5 N–H and O–H groups in total. The van der Waals surface area contributed by atoms with Crippen LogP contribution >= 0.6 is 0 Å². The molecule has 2 unspecified atom stereocenters. The number of benzene rings is 2. The highest BCUT2D eigenvalue weighted by Gasteiger charge is 2.36. The third kappa shape index (κ3) is 9.26. The summed E-state index contributed by atoms with van der Waals surface area (Å²) in [5, 5.41) is 15.0. The molecular formula is C28H34N4O6. The zero-order valence-corrected chi connectivity index (χ0v) is 21.8. The van der Waals surface area contributed by atoms with Gasteiger partial charge in [-0.05, 0) is 44.0 Å². The van der Waals surface area contributed by atoms with Crippen molar-refractivity contribution in [2.45, 2.75) is 51.4 Å². The van der Waals surface area contributed by atoms with Crippen LogP contribution in [-0.4, -0.2) is 58.6 Å². The van der Waals surface area contributed by atoms with E-state index in [1.165, 1.54) is 0 Å². The second-order valence-corrected chi connectivity index (χ2v) is 9.50. The molecule has 2 rings (SSSR count). The first kappa shape index (κ1) is 29.9. The second-order valence-electron chi connectivity index (χ2n) is 9.50. The molecule has 2 aromatic carbocycles. The molecule has 2 aromatic rings. The molecule has 0 aliphatic heterocycles. The zero-order valence-electron chi connectivity index (χ0n) is 21.8. The van der Waals surface area contributed by atoms with Gasteiger partial charge < -0.3 is 31.1 Å². The van der Waals surface area contributed by atoms with Gasteiger partial charge >= 0.3 is 6.09 Å². The molecule has 0 aliphatic rings. The molecule has 2 atom stereocenters. The van der Waals surface area contributed by atoms with Crippen LogP contribution in [0.4, 0.5) is 4.79 Å². The van der Waals surface area contributed by atoms with Gasteiger partial charge in [-0.2, -0.15) is 0 Å². The minimum Gasteiger partial charge on any atom is -0.444 e. The predicted molar refractivity (Wildman–Crippen MR) is 141 cm³/mol. The number of nitrogens with two attached hydrogens (primary N) is 1. The normalized spacial score (nSPS) is 12.4. The van der Waals surface area contributed by atoms with Crippen molar-refractivity contribution in [1.29, 1.82) is 0 Å². The fourth-order valence-electron chi connectivity index (χ4n) is 3.64. The lowest BCUT2D eigenvalue weighted by Gasteiger charge is -2.34. The number of nitrogens with one attached hydrogen (secondary N) is 2. The highest BCUT2D eigenvalue weighted by Crippen LogP contribution is 2.24. The first-order valence-corrected chi connectivity index (χ1v) is 12.0. The number of alkyl carbamates (subject to hydrolysis) is 1. The van der Waals surface area contributed by atoms with Crippen molar-refractivity contribution in [3.05, 3.63) is 71.3 Å². The number of carbonyl (C=O) groups excluding carboxylic acids is 4. The summed E-state index contributed by atoms with van der Waals surface area (Å²) in [6, 6.07) is 13.0. The van der Waals surface area contributed by atoms with Gasteiger partial charge in [0, 0.05) is 18.7 Å². The molecule has 0 radical (unpaired) electrons. The smallest absolute Gasteiger partial charge is 0.408 e. The molecule has 10 nitrogen and oxygen atoms in total. The summed E-state index contributed by atoms with van der Waals surface area (Å²) >= 11 is 0. The number of rotatable bonds is 11. The van der Waals surface area contributed by atoms with Gasteiger partial charge in [-0.3, -0.25) is 14.4 Å². The number of hydrogen-bond acceptors (Lipinski definition) is 6. The van der Waals surface area contributed by atoms with Crippen molar-refractivity contribution < 1.29 is 29.0 Å². The van der Waals surface area contributed by atoms with Crippen LogP contribution < -0.4 is 16.4 Å². The maximum absolute atomic E-state index is 13.7. The summed E-state index contributed by atoms with van der Waals surface area (Å²) in [5.74, 6) is 0.294. The highest BCUT2D eigenvalue weighted by atomic mass is 16.6. The molecule has 202 valence electrons. The van der Waals surface area contributed by atoms with Crippen LogP contribution in [-0.2, 0) is 25.7 Å². The molecule has 0 aromatic heterocycles. The molecule has 0 saturated carbocycles. The van der Waals surface area contributed by atoms with Gasteiger partial charge in [-0.25, -0.2) is 4.79 Å². The summed E-state index contributed by atoms with van der Waals surface area (Å²) in [7, 11) is 0. The lowest BCUT2D eigenvalue weighted by atomic mass is 10.0. The molecular weight excluding hydrogens is 488 g/mol. The number of hydrogen-bond donors (Lipinski definition) is 4. The molecule has 0 bridgehead atoms. The molecule has 0 fully saturated rings. The van der Waals surface area contributed by atoms with Crippen LogP contribution in [0, 0.1) is 12.3 Å². The first-order chi connectivity index (χ1) is 17.9. The monoisotopic (exact) mass is 522 g/mol. The van der Waals surface area contributed by atoms with Crippen LogP contribution in [0.5, 0.6) is 0 Å². The molecule has 0 spiro atoms. The molecule has 38 heavy (non-hydrogen) atoms. The maximum Gasteiger partial charge on any atom is 0.408 e. The Morgan fingerprint density at radius 3 is 2.24 bits per heavy atom. The highest BCUT2D eigenvalue weighted by molar-refractivity contribution is 5.94. The quantitative estimate of drug-likeness (QED) is 0.329. The van der Waals surface area contributed by atoms with Crippen LogP contribution in [0.2, 0.25) is 0 Å². The Morgan fingerprint density at radius 1 is 1.08 bits per heavy atom. The van der Waals surface area contributed by atoms with Gasteiger partial charge in [0.15, 0.2) is 0 Å².